The summed E-state index contributed by atoms with van der Waals surface area (Å²) in [6.07, 6.45) is 2.43. The van der Waals surface area contributed by atoms with Crippen LogP contribution in [0.5, 0.6) is 0 Å². The molecule has 1 rings (SSSR count). The first kappa shape index (κ1) is 12.7. The number of hydrogen-bond donors (Lipinski definition) is 1. The largest absolute Gasteiger partial charge is 0.396 e. The van der Waals surface area contributed by atoms with Crippen LogP contribution in [0.4, 0.5) is 0 Å². The minimum Gasteiger partial charge on any atom is -0.396 e. The topological polar surface area (TPSA) is 37.3 Å². The number of Topliss-reactive ketones (excluding diaryl/α,β-unsaturated/α-hetero) is 1. The Kier molecular flexibility index (Phi) is 6.72. The molecule has 0 aliphatic carbocycles. The molecule has 0 unspecified atom stereocenters. The van der Waals surface area contributed by atoms with Crippen LogP contribution in [0.2, 0.25) is 0 Å². The van der Waals surface area contributed by atoms with E-state index < -0.39 is 0 Å². The fraction of sp³-hybridized carbons (Fsp3) is 0.545. The number of carbonyl (C=O) groups is 1. The summed E-state index contributed by atoms with van der Waals surface area (Å²) in [7, 11) is 0. The average molecular weight is 244 g/mol. The molecule has 1 aromatic heterocycles. The van der Waals surface area contributed by atoms with Crippen LogP contribution in [0.1, 0.15) is 28.9 Å². The van der Waals surface area contributed by atoms with Gasteiger partial charge in [0.2, 0.25) is 0 Å². The number of thiophene rings is 1. The smallest absolute Gasteiger partial charge is 0.172 e. The highest BCUT2D eigenvalue weighted by molar-refractivity contribution is 7.99. The summed E-state index contributed by atoms with van der Waals surface area (Å²) >= 11 is 3.32. The molecule has 84 valence electrons. The Balaban J connectivity index is 2.03. The lowest BCUT2D eigenvalue weighted by molar-refractivity contribution is 0.0986. The molecule has 0 aromatic carbocycles. The van der Waals surface area contributed by atoms with Gasteiger partial charge in [-0.1, -0.05) is 6.07 Å². The minimum absolute atomic E-state index is 0.257. The Hall–Kier alpha value is -0.320. The molecule has 0 aliphatic heterocycles. The fourth-order valence-corrected chi connectivity index (χ4v) is 2.74. The van der Waals surface area contributed by atoms with E-state index in [0.717, 1.165) is 29.2 Å². The summed E-state index contributed by atoms with van der Waals surface area (Å²) in [6.45, 7) is 0.265. The summed E-state index contributed by atoms with van der Waals surface area (Å²) in [4.78, 5) is 12.4. The van der Waals surface area contributed by atoms with Gasteiger partial charge < -0.3 is 5.11 Å². The second-order valence-electron chi connectivity index (χ2n) is 3.19. The van der Waals surface area contributed by atoms with Gasteiger partial charge in [0.05, 0.1) is 4.88 Å². The van der Waals surface area contributed by atoms with Gasteiger partial charge in [-0.05, 0) is 35.8 Å². The summed E-state index contributed by atoms with van der Waals surface area (Å²) in [6, 6.07) is 3.79. The van der Waals surface area contributed by atoms with Gasteiger partial charge in [-0.2, -0.15) is 11.8 Å². The first-order chi connectivity index (χ1) is 7.34. The highest BCUT2D eigenvalue weighted by atomic mass is 32.2. The molecule has 1 aromatic rings. The Labute approximate surface area is 98.7 Å². The number of hydrogen-bond acceptors (Lipinski definition) is 4. The van der Waals surface area contributed by atoms with E-state index in [9.17, 15) is 4.79 Å². The standard InChI is InChI=1S/C11H16O2S2/c12-6-3-8-14-7-1-4-10(13)11-5-2-9-15-11/h2,5,9,12H,1,3-4,6-8H2. The lowest BCUT2D eigenvalue weighted by Crippen LogP contribution is -1.97. The Bertz CT molecular complexity index is 270. The SMILES string of the molecule is O=C(CCCSCCCO)c1cccs1. The van der Waals surface area contributed by atoms with Crippen LogP contribution in [0.15, 0.2) is 17.5 Å². The van der Waals surface area contributed by atoms with Gasteiger partial charge in [0.1, 0.15) is 0 Å². The van der Waals surface area contributed by atoms with Crippen LogP contribution in [-0.2, 0) is 0 Å². The number of carbonyl (C=O) groups excluding carboxylic acids is 1. The van der Waals surface area contributed by atoms with E-state index in [1.807, 2.05) is 29.3 Å². The second-order valence-corrected chi connectivity index (χ2v) is 5.37. The third-order valence-electron chi connectivity index (χ3n) is 1.94. The van der Waals surface area contributed by atoms with Crippen molar-refractivity contribution in [3.05, 3.63) is 22.4 Å². The van der Waals surface area contributed by atoms with Gasteiger partial charge in [0, 0.05) is 13.0 Å². The lowest BCUT2D eigenvalue weighted by atomic mass is 10.2. The van der Waals surface area contributed by atoms with E-state index in [2.05, 4.69) is 0 Å². The van der Waals surface area contributed by atoms with Crippen LogP contribution >= 0.6 is 23.1 Å². The minimum atomic E-state index is 0.257. The molecule has 2 nitrogen and oxygen atoms in total. The molecule has 1 N–H and O–H groups in total. The van der Waals surface area contributed by atoms with Gasteiger partial charge in [-0.25, -0.2) is 0 Å². The highest BCUT2D eigenvalue weighted by Gasteiger charge is 2.05. The van der Waals surface area contributed by atoms with Crippen molar-refractivity contribution in [1.82, 2.24) is 0 Å². The van der Waals surface area contributed by atoms with Crippen molar-refractivity contribution in [2.45, 2.75) is 19.3 Å². The first-order valence-corrected chi connectivity index (χ1v) is 7.13. The molecule has 0 saturated carbocycles. The van der Waals surface area contributed by atoms with Crippen molar-refractivity contribution in [1.29, 1.82) is 0 Å². The van der Waals surface area contributed by atoms with E-state index in [-0.39, 0.29) is 12.4 Å². The number of ketones is 1. The van der Waals surface area contributed by atoms with Gasteiger partial charge in [-0.3, -0.25) is 4.79 Å². The normalized spacial score (nSPS) is 10.5. The molecule has 4 heteroatoms. The maximum absolute atomic E-state index is 11.6. The van der Waals surface area contributed by atoms with Crippen molar-refractivity contribution in [2.75, 3.05) is 18.1 Å². The monoisotopic (exact) mass is 244 g/mol. The van der Waals surface area contributed by atoms with E-state index in [4.69, 9.17) is 5.11 Å². The molecule has 0 radical (unpaired) electrons. The molecule has 1 heterocycles. The van der Waals surface area contributed by atoms with Crippen LogP contribution in [-0.4, -0.2) is 29.0 Å². The molecule has 15 heavy (non-hydrogen) atoms. The maximum atomic E-state index is 11.6. The van der Waals surface area contributed by atoms with E-state index in [0.29, 0.717) is 6.42 Å². The zero-order chi connectivity index (χ0) is 10.9. The summed E-state index contributed by atoms with van der Waals surface area (Å²) in [5.74, 6) is 2.26. The zero-order valence-corrected chi connectivity index (χ0v) is 10.3. The van der Waals surface area contributed by atoms with Crippen molar-refractivity contribution in [3.8, 4) is 0 Å². The molecule has 0 saturated heterocycles. The van der Waals surface area contributed by atoms with Crippen LogP contribution in [0.25, 0.3) is 0 Å². The maximum Gasteiger partial charge on any atom is 0.172 e. The number of aliphatic hydroxyl groups excluding tert-OH is 1. The Morgan fingerprint density at radius 3 is 2.87 bits per heavy atom. The fourth-order valence-electron chi connectivity index (χ4n) is 1.16. The van der Waals surface area contributed by atoms with Crippen molar-refractivity contribution < 1.29 is 9.90 Å². The number of thioether (sulfide) groups is 1. The second kappa shape index (κ2) is 7.91. The van der Waals surface area contributed by atoms with Crippen LogP contribution < -0.4 is 0 Å². The summed E-state index contributed by atoms with van der Waals surface area (Å²) < 4.78 is 0. The lowest BCUT2D eigenvalue weighted by Gasteiger charge is -1.99. The number of rotatable bonds is 8. The molecule has 0 bridgehead atoms. The van der Waals surface area contributed by atoms with E-state index in [1.54, 1.807) is 0 Å². The summed E-state index contributed by atoms with van der Waals surface area (Å²) in [5.41, 5.74) is 0. The van der Waals surface area contributed by atoms with E-state index in [1.165, 1.54) is 11.3 Å². The quantitative estimate of drug-likeness (QED) is 0.564. The molecule has 0 amide bonds. The number of aliphatic hydroxyl groups is 1. The third-order valence-corrected chi connectivity index (χ3v) is 4.00. The Morgan fingerprint density at radius 2 is 2.20 bits per heavy atom. The van der Waals surface area contributed by atoms with Crippen LogP contribution in [0.3, 0.4) is 0 Å². The van der Waals surface area contributed by atoms with Crippen LogP contribution in [0, 0.1) is 0 Å². The van der Waals surface area contributed by atoms with Gasteiger partial charge >= 0.3 is 0 Å². The molecule has 0 spiro atoms. The molecular weight excluding hydrogens is 228 g/mol. The third kappa shape index (κ3) is 5.35. The first-order valence-electron chi connectivity index (χ1n) is 5.10. The molecule has 0 aliphatic rings. The van der Waals surface area contributed by atoms with Gasteiger partial charge in [-0.15, -0.1) is 11.3 Å². The van der Waals surface area contributed by atoms with Crippen molar-refractivity contribution in [3.63, 3.8) is 0 Å². The zero-order valence-electron chi connectivity index (χ0n) is 8.65. The van der Waals surface area contributed by atoms with E-state index >= 15 is 0 Å². The molecular formula is C11H16O2S2. The average Bonchev–Trinajstić information content (AvgIpc) is 2.76. The van der Waals surface area contributed by atoms with Gasteiger partial charge in [0.15, 0.2) is 5.78 Å². The Morgan fingerprint density at radius 1 is 1.40 bits per heavy atom. The predicted octanol–water partition coefficient (Wildman–Crippen LogP) is 2.83. The predicted molar refractivity (Wildman–Crippen MR) is 66.9 cm³/mol. The van der Waals surface area contributed by atoms with Crippen molar-refractivity contribution in [2.24, 2.45) is 0 Å². The molecule has 0 fully saturated rings. The highest BCUT2D eigenvalue weighted by Crippen LogP contribution is 2.14. The summed E-state index contributed by atoms with van der Waals surface area (Å²) in [5, 5.41) is 10.5. The molecule has 0 atom stereocenters. The van der Waals surface area contributed by atoms with Crippen molar-refractivity contribution >= 4 is 28.9 Å². The van der Waals surface area contributed by atoms with Gasteiger partial charge in [0.25, 0.3) is 0 Å².